The molecule has 0 atom stereocenters. The standard InChI is InChI=1S/C12H14BrClN2/c1-8(2)7-16-12-9(5-13)3-11(14)4-10(12)6-15-16/h3-4,6,8H,5,7H2,1-2H3. The van der Waals surface area contributed by atoms with Gasteiger partial charge in [-0.2, -0.15) is 5.10 Å². The van der Waals surface area contributed by atoms with E-state index in [1.807, 2.05) is 18.3 Å². The Hall–Kier alpha value is -0.540. The van der Waals surface area contributed by atoms with Gasteiger partial charge in [-0.3, -0.25) is 4.68 Å². The fourth-order valence-corrected chi connectivity index (χ4v) is 2.54. The van der Waals surface area contributed by atoms with E-state index in [9.17, 15) is 0 Å². The van der Waals surface area contributed by atoms with Gasteiger partial charge in [-0.1, -0.05) is 41.4 Å². The Kier molecular flexibility index (Phi) is 3.55. The molecule has 1 aromatic carbocycles. The summed E-state index contributed by atoms with van der Waals surface area (Å²) in [6.07, 6.45) is 1.88. The van der Waals surface area contributed by atoms with Crippen LogP contribution in [0.2, 0.25) is 5.02 Å². The molecule has 16 heavy (non-hydrogen) atoms. The van der Waals surface area contributed by atoms with E-state index in [1.54, 1.807) is 0 Å². The SMILES string of the molecule is CC(C)Cn1ncc2cc(Cl)cc(CBr)c21. The summed E-state index contributed by atoms with van der Waals surface area (Å²) >= 11 is 9.56. The first-order valence-electron chi connectivity index (χ1n) is 5.31. The third kappa shape index (κ3) is 2.25. The molecular formula is C12H14BrClN2. The maximum absolute atomic E-state index is 6.06. The molecule has 0 aliphatic carbocycles. The largest absolute Gasteiger partial charge is 0.264 e. The summed E-state index contributed by atoms with van der Waals surface area (Å²) in [7, 11) is 0. The van der Waals surface area contributed by atoms with Crippen LogP contribution in [0.1, 0.15) is 19.4 Å². The Morgan fingerprint density at radius 1 is 1.44 bits per heavy atom. The van der Waals surface area contributed by atoms with Crippen molar-refractivity contribution >= 4 is 38.4 Å². The predicted octanol–water partition coefficient (Wildman–Crippen LogP) is 4.24. The van der Waals surface area contributed by atoms with E-state index in [-0.39, 0.29) is 0 Å². The van der Waals surface area contributed by atoms with E-state index in [4.69, 9.17) is 11.6 Å². The second kappa shape index (κ2) is 4.76. The third-order valence-electron chi connectivity index (χ3n) is 2.46. The minimum atomic E-state index is 0.585. The molecule has 0 aliphatic heterocycles. The van der Waals surface area contributed by atoms with Crippen molar-refractivity contribution in [2.75, 3.05) is 0 Å². The summed E-state index contributed by atoms with van der Waals surface area (Å²) in [5.74, 6) is 0.585. The Labute approximate surface area is 109 Å². The Morgan fingerprint density at radius 2 is 2.19 bits per heavy atom. The lowest BCUT2D eigenvalue weighted by molar-refractivity contribution is 0.494. The molecule has 2 aromatic rings. The predicted molar refractivity (Wildman–Crippen MR) is 72.2 cm³/mol. The Morgan fingerprint density at radius 3 is 2.81 bits per heavy atom. The zero-order valence-electron chi connectivity index (χ0n) is 9.37. The van der Waals surface area contributed by atoms with Gasteiger partial charge >= 0.3 is 0 Å². The number of hydrogen-bond donors (Lipinski definition) is 0. The van der Waals surface area contributed by atoms with E-state index >= 15 is 0 Å². The van der Waals surface area contributed by atoms with Gasteiger partial charge in [-0.15, -0.1) is 0 Å². The van der Waals surface area contributed by atoms with Crippen LogP contribution < -0.4 is 0 Å². The first-order chi connectivity index (χ1) is 7.61. The number of benzene rings is 1. The van der Waals surface area contributed by atoms with Gasteiger partial charge in [0.1, 0.15) is 0 Å². The number of rotatable bonds is 3. The number of nitrogens with zero attached hydrogens (tertiary/aromatic N) is 2. The number of alkyl halides is 1. The summed E-state index contributed by atoms with van der Waals surface area (Å²) in [6.45, 7) is 5.32. The van der Waals surface area contributed by atoms with Gasteiger partial charge in [-0.05, 0) is 23.6 Å². The van der Waals surface area contributed by atoms with E-state index < -0.39 is 0 Å². The smallest absolute Gasteiger partial charge is 0.0724 e. The van der Waals surface area contributed by atoms with Gasteiger partial charge in [0.05, 0.1) is 11.7 Å². The van der Waals surface area contributed by atoms with Gasteiger partial charge < -0.3 is 0 Å². The zero-order valence-corrected chi connectivity index (χ0v) is 11.7. The molecule has 0 saturated carbocycles. The van der Waals surface area contributed by atoms with Crippen molar-refractivity contribution in [1.82, 2.24) is 9.78 Å². The Bertz CT molecular complexity index is 505. The fourth-order valence-electron chi connectivity index (χ4n) is 1.87. The highest BCUT2D eigenvalue weighted by molar-refractivity contribution is 9.08. The molecule has 0 saturated heterocycles. The van der Waals surface area contributed by atoms with Gasteiger partial charge in [0.25, 0.3) is 0 Å². The number of fused-ring (bicyclic) bond motifs is 1. The number of halogens is 2. The lowest BCUT2D eigenvalue weighted by atomic mass is 10.1. The highest BCUT2D eigenvalue weighted by Gasteiger charge is 2.09. The van der Waals surface area contributed by atoms with Crippen molar-refractivity contribution < 1.29 is 0 Å². The lowest BCUT2D eigenvalue weighted by Crippen LogP contribution is -2.06. The molecule has 0 fully saturated rings. The monoisotopic (exact) mass is 300 g/mol. The first kappa shape index (κ1) is 11.9. The third-order valence-corrected chi connectivity index (χ3v) is 3.28. The molecule has 0 radical (unpaired) electrons. The van der Waals surface area contributed by atoms with Crippen molar-refractivity contribution in [3.8, 4) is 0 Å². The quantitative estimate of drug-likeness (QED) is 0.775. The second-order valence-electron chi connectivity index (χ2n) is 4.36. The molecule has 0 bridgehead atoms. The summed E-state index contributed by atoms with van der Waals surface area (Å²) in [5.41, 5.74) is 2.38. The molecule has 1 heterocycles. The molecule has 0 aliphatic rings. The molecule has 86 valence electrons. The van der Waals surface area contributed by atoms with Crippen LogP contribution in [0.25, 0.3) is 10.9 Å². The van der Waals surface area contributed by atoms with Crippen molar-refractivity contribution in [3.05, 3.63) is 28.9 Å². The van der Waals surface area contributed by atoms with Crippen molar-refractivity contribution in [3.63, 3.8) is 0 Å². The summed E-state index contributed by atoms with van der Waals surface area (Å²) in [6, 6.07) is 3.96. The summed E-state index contributed by atoms with van der Waals surface area (Å²) in [4.78, 5) is 0. The van der Waals surface area contributed by atoms with Crippen LogP contribution in [-0.4, -0.2) is 9.78 Å². The van der Waals surface area contributed by atoms with Crippen molar-refractivity contribution in [2.24, 2.45) is 5.92 Å². The van der Waals surface area contributed by atoms with Crippen LogP contribution in [0.4, 0.5) is 0 Å². The molecule has 1 aromatic heterocycles. The average Bonchev–Trinajstić information content (AvgIpc) is 2.59. The van der Waals surface area contributed by atoms with Gasteiger partial charge in [0.2, 0.25) is 0 Å². The minimum Gasteiger partial charge on any atom is -0.264 e. The lowest BCUT2D eigenvalue weighted by Gasteiger charge is -2.09. The molecule has 0 N–H and O–H groups in total. The first-order valence-corrected chi connectivity index (χ1v) is 6.81. The molecule has 0 spiro atoms. The van der Waals surface area contributed by atoms with Crippen LogP contribution in [-0.2, 0) is 11.9 Å². The van der Waals surface area contributed by atoms with Crippen LogP contribution >= 0.6 is 27.5 Å². The van der Waals surface area contributed by atoms with Crippen LogP contribution in [0, 0.1) is 5.92 Å². The van der Waals surface area contributed by atoms with Gasteiger partial charge in [-0.25, -0.2) is 0 Å². The fraction of sp³-hybridized carbons (Fsp3) is 0.417. The maximum atomic E-state index is 6.06. The molecular weight excluding hydrogens is 288 g/mol. The van der Waals surface area contributed by atoms with E-state index in [2.05, 4.69) is 39.6 Å². The molecule has 2 rings (SSSR count). The topological polar surface area (TPSA) is 17.8 Å². The van der Waals surface area contributed by atoms with Crippen LogP contribution in [0.3, 0.4) is 0 Å². The minimum absolute atomic E-state index is 0.585. The molecule has 4 heteroatoms. The van der Waals surface area contributed by atoms with Crippen LogP contribution in [0.15, 0.2) is 18.3 Å². The van der Waals surface area contributed by atoms with Crippen molar-refractivity contribution in [2.45, 2.75) is 25.7 Å². The second-order valence-corrected chi connectivity index (χ2v) is 5.35. The average molecular weight is 302 g/mol. The number of hydrogen-bond acceptors (Lipinski definition) is 1. The van der Waals surface area contributed by atoms with Crippen LogP contribution in [0.5, 0.6) is 0 Å². The van der Waals surface area contributed by atoms with Gasteiger partial charge in [0, 0.05) is 22.3 Å². The van der Waals surface area contributed by atoms with E-state index in [0.717, 1.165) is 22.3 Å². The van der Waals surface area contributed by atoms with E-state index in [0.29, 0.717) is 5.92 Å². The zero-order chi connectivity index (χ0) is 11.7. The van der Waals surface area contributed by atoms with Gasteiger partial charge in [0.15, 0.2) is 0 Å². The normalized spacial score (nSPS) is 11.6. The molecule has 2 nitrogen and oxygen atoms in total. The highest BCUT2D eigenvalue weighted by Crippen LogP contribution is 2.26. The maximum Gasteiger partial charge on any atom is 0.0724 e. The summed E-state index contributed by atoms with van der Waals surface area (Å²) in [5, 5.41) is 7.10. The van der Waals surface area contributed by atoms with Crippen molar-refractivity contribution in [1.29, 1.82) is 0 Å². The summed E-state index contributed by atoms with van der Waals surface area (Å²) < 4.78 is 2.06. The number of aromatic nitrogens is 2. The highest BCUT2D eigenvalue weighted by atomic mass is 79.9. The molecule has 0 unspecified atom stereocenters. The Balaban J connectivity index is 2.60. The molecule has 0 amide bonds. The van der Waals surface area contributed by atoms with E-state index in [1.165, 1.54) is 11.1 Å².